The van der Waals surface area contributed by atoms with Crippen molar-refractivity contribution in [3.63, 3.8) is 0 Å². The van der Waals surface area contributed by atoms with Crippen LogP contribution in [0.2, 0.25) is 0 Å². The van der Waals surface area contributed by atoms with Crippen LogP contribution in [-0.4, -0.2) is 19.1 Å². The number of rotatable bonds is 6. The van der Waals surface area contributed by atoms with Crippen molar-refractivity contribution in [2.75, 3.05) is 0 Å². The lowest BCUT2D eigenvalue weighted by Crippen LogP contribution is -2.02. The zero-order chi connectivity index (χ0) is 37.0. The van der Waals surface area contributed by atoms with E-state index in [0.717, 1.165) is 50.5 Å². The first-order valence-corrected chi connectivity index (χ1v) is 19.0. The smallest absolute Gasteiger partial charge is 0.162 e. The quantitative estimate of drug-likeness (QED) is 0.172. The predicted molar refractivity (Wildman–Crippen MR) is 232 cm³/mol. The Kier molecular flexibility index (Phi) is 7.46. The molecule has 0 aliphatic heterocycles. The number of fused-ring (bicyclic) bond motifs is 7. The summed E-state index contributed by atoms with van der Waals surface area (Å²) in [5.74, 6) is 1.50. The molecule has 0 spiro atoms. The van der Waals surface area contributed by atoms with Crippen LogP contribution in [0.4, 0.5) is 0 Å². The molecule has 3 aromatic heterocycles. The number of nitrogens with zero attached hydrogens (tertiary/aromatic N) is 4. The Labute approximate surface area is 324 Å². The number of para-hydroxylation sites is 3. The minimum Gasteiger partial charge on any atom is -0.309 e. The summed E-state index contributed by atoms with van der Waals surface area (Å²) < 4.78 is 4.71. The highest BCUT2D eigenvalue weighted by Crippen LogP contribution is 2.42. The van der Waals surface area contributed by atoms with Gasteiger partial charge in [-0.1, -0.05) is 158 Å². The highest BCUT2D eigenvalue weighted by molar-refractivity contribution is 6.28. The first-order valence-electron chi connectivity index (χ1n) is 19.0. The van der Waals surface area contributed by atoms with E-state index in [1.807, 2.05) is 6.07 Å². The lowest BCUT2D eigenvalue weighted by atomic mass is 10.0. The van der Waals surface area contributed by atoms with Crippen LogP contribution in [0.15, 0.2) is 206 Å². The largest absolute Gasteiger partial charge is 0.309 e. The van der Waals surface area contributed by atoms with Gasteiger partial charge in [-0.25, -0.2) is 9.97 Å². The second kappa shape index (κ2) is 13.1. The molecule has 0 atom stereocenters. The lowest BCUT2D eigenvalue weighted by molar-refractivity contribution is 1.05. The van der Waals surface area contributed by atoms with Gasteiger partial charge in [0, 0.05) is 44.4 Å². The van der Waals surface area contributed by atoms with E-state index < -0.39 is 0 Å². The molecule has 0 aliphatic rings. The summed E-state index contributed by atoms with van der Waals surface area (Å²) in [6.07, 6.45) is 0. The van der Waals surface area contributed by atoms with E-state index >= 15 is 0 Å². The van der Waals surface area contributed by atoms with Crippen LogP contribution in [0, 0.1) is 0 Å². The van der Waals surface area contributed by atoms with Gasteiger partial charge in [-0.05, 0) is 64.7 Å². The van der Waals surface area contributed by atoms with Crippen molar-refractivity contribution in [3.05, 3.63) is 206 Å². The molecule has 0 unspecified atom stereocenters. The lowest BCUT2D eigenvalue weighted by Gasteiger charge is -2.13. The van der Waals surface area contributed by atoms with E-state index in [2.05, 4.69) is 209 Å². The molecule has 0 radical (unpaired) electrons. The molecular weight excluding hydrogens is 681 g/mol. The van der Waals surface area contributed by atoms with Gasteiger partial charge < -0.3 is 4.57 Å². The highest BCUT2D eigenvalue weighted by Gasteiger charge is 2.22. The second-order valence-electron chi connectivity index (χ2n) is 14.2. The summed E-state index contributed by atoms with van der Waals surface area (Å²) in [4.78, 5) is 10.7. The molecule has 0 bridgehead atoms. The van der Waals surface area contributed by atoms with Crippen molar-refractivity contribution < 1.29 is 0 Å². The number of hydrogen-bond acceptors (Lipinski definition) is 2. The Morgan fingerprint density at radius 2 is 0.786 bits per heavy atom. The van der Waals surface area contributed by atoms with Crippen LogP contribution in [0.5, 0.6) is 0 Å². The van der Waals surface area contributed by atoms with Gasteiger partial charge in [0.1, 0.15) is 5.82 Å². The molecule has 262 valence electrons. The van der Waals surface area contributed by atoms with E-state index in [4.69, 9.17) is 9.97 Å². The van der Waals surface area contributed by atoms with Crippen LogP contribution in [-0.2, 0) is 0 Å². The maximum Gasteiger partial charge on any atom is 0.162 e. The van der Waals surface area contributed by atoms with Crippen molar-refractivity contribution in [1.29, 1.82) is 0 Å². The predicted octanol–water partition coefficient (Wildman–Crippen LogP) is 13.3. The molecular formula is C52H34N4. The fraction of sp³-hybridized carbons (Fsp3) is 0. The number of aromatic nitrogens is 4. The van der Waals surface area contributed by atoms with E-state index in [1.54, 1.807) is 0 Å². The molecule has 8 aromatic carbocycles. The molecule has 11 rings (SSSR count). The molecule has 0 saturated carbocycles. The maximum atomic E-state index is 5.41. The minimum atomic E-state index is 0.676. The zero-order valence-electron chi connectivity index (χ0n) is 30.4. The fourth-order valence-electron chi connectivity index (χ4n) is 8.38. The first-order chi connectivity index (χ1) is 27.8. The summed E-state index contributed by atoms with van der Waals surface area (Å²) in [6, 6.07) is 73.1. The third kappa shape index (κ3) is 5.23. The molecule has 4 nitrogen and oxygen atoms in total. The van der Waals surface area contributed by atoms with Gasteiger partial charge in [0.05, 0.1) is 27.8 Å². The number of hydrogen-bond donors (Lipinski definition) is 0. The molecule has 0 N–H and O–H groups in total. The molecule has 3 heterocycles. The van der Waals surface area contributed by atoms with Gasteiger partial charge in [0.15, 0.2) is 5.82 Å². The van der Waals surface area contributed by atoms with Gasteiger partial charge >= 0.3 is 0 Å². The average Bonchev–Trinajstić information content (AvgIpc) is 3.80. The van der Waals surface area contributed by atoms with Gasteiger partial charge in [0.2, 0.25) is 0 Å². The summed E-state index contributed by atoms with van der Waals surface area (Å²) >= 11 is 0. The van der Waals surface area contributed by atoms with Crippen molar-refractivity contribution >= 4 is 43.6 Å². The van der Waals surface area contributed by atoms with Crippen LogP contribution in [0.3, 0.4) is 0 Å². The number of benzene rings is 8. The van der Waals surface area contributed by atoms with E-state index in [0.29, 0.717) is 5.82 Å². The normalized spacial score (nSPS) is 11.6. The van der Waals surface area contributed by atoms with Crippen LogP contribution in [0.1, 0.15) is 0 Å². The average molecular weight is 715 g/mol. The van der Waals surface area contributed by atoms with E-state index in [-0.39, 0.29) is 0 Å². The third-order valence-corrected chi connectivity index (χ3v) is 10.9. The van der Waals surface area contributed by atoms with Gasteiger partial charge in [-0.15, -0.1) is 0 Å². The molecule has 0 fully saturated rings. The Balaban J connectivity index is 1.18. The molecule has 0 saturated heterocycles. The zero-order valence-corrected chi connectivity index (χ0v) is 30.4. The summed E-state index contributed by atoms with van der Waals surface area (Å²) in [6.45, 7) is 0. The summed E-state index contributed by atoms with van der Waals surface area (Å²) in [7, 11) is 0. The van der Waals surface area contributed by atoms with Crippen LogP contribution in [0.25, 0.3) is 100 Å². The van der Waals surface area contributed by atoms with Crippen molar-refractivity contribution in [3.8, 4) is 56.4 Å². The minimum absolute atomic E-state index is 0.676. The molecule has 0 aliphatic carbocycles. The maximum absolute atomic E-state index is 5.41. The third-order valence-electron chi connectivity index (χ3n) is 10.9. The molecule has 4 heteroatoms. The molecule has 0 amide bonds. The van der Waals surface area contributed by atoms with E-state index in [9.17, 15) is 0 Å². The van der Waals surface area contributed by atoms with Crippen molar-refractivity contribution in [2.45, 2.75) is 0 Å². The monoisotopic (exact) mass is 714 g/mol. The topological polar surface area (TPSA) is 35.6 Å². The van der Waals surface area contributed by atoms with Gasteiger partial charge in [-0.2, -0.15) is 0 Å². The van der Waals surface area contributed by atoms with Gasteiger partial charge in [0.25, 0.3) is 0 Å². The molecule has 56 heavy (non-hydrogen) atoms. The standard InChI is InChI=1S/C52H34N4/c1-4-15-35(16-5-1)37-27-29-38(30-28-37)44-34-49(54-52(53-44)40-20-14-19-39(33-40)36-17-6-2-7-18-36)56-46-26-13-11-24-43(46)51-48(56)32-31-47-50(51)42-23-10-12-25-45(42)55(47)41-21-8-3-9-22-41/h1-34H. The van der Waals surface area contributed by atoms with Gasteiger partial charge in [-0.3, -0.25) is 4.57 Å². The second-order valence-corrected chi connectivity index (χ2v) is 14.2. The van der Waals surface area contributed by atoms with Crippen LogP contribution >= 0.6 is 0 Å². The Morgan fingerprint density at radius 1 is 0.304 bits per heavy atom. The van der Waals surface area contributed by atoms with Crippen molar-refractivity contribution in [1.82, 2.24) is 19.1 Å². The Hall–Kier alpha value is -7.56. The van der Waals surface area contributed by atoms with Crippen LogP contribution < -0.4 is 0 Å². The molecule has 11 aromatic rings. The fourth-order valence-corrected chi connectivity index (χ4v) is 8.38. The SMILES string of the molecule is c1ccc(-c2ccc(-c3cc(-n4c5ccccc5c5c6c7ccccc7n(-c7ccccc7)c6ccc54)nc(-c4cccc(-c5ccccc5)c4)n3)cc2)cc1. The van der Waals surface area contributed by atoms with Crippen molar-refractivity contribution in [2.24, 2.45) is 0 Å². The van der Waals surface area contributed by atoms with E-state index in [1.165, 1.54) is 43.7 Å². The highest BCUT2D eigenvalue weighted by atomic mass is 15.1. The Morgan fingerprint density at radius 3 is 1.45 bits per heavy atom. The summed E-state index contributed by atoms with van der Waals surface area (Å²) in [5, 5.41) is 4.85. The Bertz CT molecular complexity index is 3220. The summed E-state index contributed by atoms with van der Waals surface area (Å²) in [5.41, 5.74) is 13.2. The first kappa shape index (κ1) is 31.9.